The number of aromatic nitrogens is 2. The molecule has 3 heterocycles. The monoisotopic (exact) mass is 638 g/mol. The van der Waals surface area contributed by atoms with Gasteiger partial charge in [-0.25, -0.2) is 0 Å². The first-order valence-electron chi connectivity index (χ1n) is 16.6. The molecule has 226 valence electrons. The van der Waals surface area contributed by atoms with Crippen LogP contribution in [0.3, 0.4) is 0 Å². The molecule has 0 aliphatic heterocycles. The minimum Gasteiger partial charge on any atom is -0.265 e. The van der Waals surface area contributed by atoms with Crippen LogP contribution in [0.15, 0.2) is 158 Å². The van der Waals surface area contributed by atoms with Gasteiger partial charge >= 0.3 is 0 Å². The Hall–Kier alpha value is -6.16. The van der Waals surface area contributed by atoms with E-state index in [2.05, 4.69) is 143 Å². The highest BCUT2D eigenvalue weighted by Gasteiger charge is 2.31. The average molecular weight is 639 g/mol. The van der Waals surface area contributed by atoms with Crippen LogP contribution < -0.4 is 0 Å². The second-order valence-corrected chi connectivity index (χ2v) is 13.9. The van der Waals surface area contributed by atoms with Crippen molar-refractivity contribution in [2.45, 2.75) is 0 Å². The van der Waals surface area contributed by atoms with Gasteiger partial charge in [0, 0.05) is 50.5 Å². The fourth-order valence-electron chi connectivity index (χ4n) is 8.37. The first-order chi connectivity index (χ1) is 24.3. The highest BCUT2D eigenvalue weighted by atomic mass is 32.1. The Morgan fingerprint density at radius 1 is 0.367 bits per heavy atom. The molecule has 2 nitrogen and oxygen atoms in total. The van der Waals surface area contributed by atoms with E-state index in [0.717, 1.165) is 0 Å². The van der Waals surface area contributed by atoms with E-state index in [1.54, 1.807) is 0 Å². The number of benzene rings is 7. The first-order valence-corrected chi connectivity index (χ1v) is 17.5. The zero-order chi connectivity index (χ0) is 32.1. The van der Waals surface area contributed by atoms with Gasteiger partial charge in [-0.15, -0.1) is 11.3 Å². The summed E-state index contributed by atoms with van der Waals surface area (Å²) in [5.41, 5.74) is 12.6. The van der Waals surface area contributed by atoms with Gasteiger partial charge in [0.25, 0.3) is 0 Å². The molecule has 0 bridgehead atoms. The quantitative estimate of drug-likeness (QED) is 0.192. The van der Waals surface area contributed by atoms with E-state index in [1.807, 2.05) is 36.1 Å². The predicted molar refractivity (Wildman–Crippen MR) is 208 cm³/mol. The smallest absolute Gasteiger partial charge is 0.0434 e. The van der Waals surface area contributed by atoms with Crippen LogP contribution in [0.5, 0.6) is 0 Å². The van der Waals surface area contributed by atoms with Crippen LogP contribution in [0, 0.1) is 0 Å². The van der Waals surface area contributed by atoms with E-state index in [9.17, 15) is 0 Å². The van der Waals surface area contributed by atoms with Crippen molar-refractivity contribution in [2.75, 3.05) is 0 Å². The molecule has 0 amide bonds. The maximum atomic E-state index is 4.38. The maximum Gasteiger partial charge on any atom is 0.0434 e. The summed E-state index contributed by atoms with van der Waals surface area (Å²) in [6.07, 6.45) is 7.62. The summed E-state index contributed by atoms with van der Waals surface area (Å²) in [6, 6.07) is 49.3. The van der Waals surface area contributed by atoms with Crippen molar-refractivity contribution in [3.05, 3.63) is 158 Å². The van der Waals surface area contributed by atoms with Crippen LogP contribution in [0.25, 0.3) is 108 Å². The van der Waals surface area contributed by atoms with E-state index in [-0.39, 0.29) is 0 Å². The lowest BCUT2D eigenvalue weighted by Crippen LogP contribution is -1.93. The number of thiophene rings is 1. The van der Waals surface area contributed by atoms with E-state index in [4.69, 9.17) is 0 Å². The molecule has 0 unspecified atom stereocenters. The standard InChI is InChI=1S/C46H26N2S/c1-2-8-30-26-40-39(25-29(30)7-1)36-13-6-12-35(46(36)49-40)31-15-16-38-43-32(31)11-5-14-37(43)44-41(27-17-21-47-22-18-27)33-9-3-4-10-34(33)42(45(38)44)28-19-23-48-24-20-28/h1-26H. The largest absolute Gasteiger partial charge is 0.265 e. The minimum atomic E-state index is 1.18. The zero-order valence-electron chi connectivity index (χ0n) is 26.3. The lowest BCUT2D eigenvalue weighted by atomic mass is 9.83. The fraction of sp³-hybridized carbons (Fsp3) is 0. The summed E-state index contributed by atoms with van der Waals surface area (Å²) in [5, 5.41) is 10.3. The number of fused-ring (bicyclic) bond motifs is 8. The van der Waals surface area contributed by atoms with E-state index in [1.165, 1.54) is 108 Å². The van der Waals surface area contributed by atoms with Gasteiger partial charge in [-0.1, -0.05) is 97.1 Å². The molecule has 0 spiro atoms. The predicted octanol–water partition coefficient (Wildman–Crippen LogP) is 13.0. The molecule has 0 saturated carbocycles. The molecule has 7 aromatic carbocycles. The Morgan fingerprint density at radius 3 is 1.57 bits per heavy atom. The summed E-state index contributed by atoms with van der Waals surface area (Å²) in [5.74, 6) is 0. The van der Waals surface area contributed by atoms with E-state index in [0.29, 0.717) is 0 Å². The normalized spacial score (nSPS) is 12.1. The molecule has 0 saturated heterocycles. The van der Waals surface area contributed by atoms with Crippen molar-refractivity contribution in [2.24, 2.45) is 0 Å². The Balaban J connectivity index is 1.25. The number of rotatable bonds is 3. The third kappa shape index (κ3) is 3.76. The lowest BCUT2D eigenvalue weighted by Gasteiger charge is -2.20. The van der Waals surface area contributed by atoms with Gasteiger partial charge in [0.1, 0.15) is 0 Å². The molecule has 11 rings (SSSR count). The summed E-state index contributed by atoms with van der Waals surface area (Å²) in [6.45, 7) is 0. The van der Waals surface area contributed by atoms with Gasteiger partial charge in [-0.3, -0.25) is 9.97 Å². The van der Waals surface area contributed by atoms with Gasteiger partial charge < -0.3 is 0 Å². The van der Waals surface area contributed by atoms with Gasteiger partial charge in [0.05, 0.1) is 0 Å². The van der Waals surface area contributed by atoms with Crippen LogP contribution in [-0.4, -0.2) is 9.97 Å². The molecule has 0 atom stereocenters. The van der Waals surface area contributed by atoms with Gasteiger partial charge in [0.15, 0.2) is 0 Å². The van der Waals surface area contributed by atoms with Crippen LogP contribution in [0.4, 0.5) is 0 Å². The third-order valence-corrected chi connectivity index (χ3v) is 11.6. The lowest BCUT2D eigenvalue weighted by molar-refractivity contribution is 1.33. The molecule has 0 radical (unpaired) electrons. The highest BCUT2D eigenvalue weighted by Crippen LogP contribution is 2.58. The molecule has 1 aliphatic carbocycles. The van der Waals surface area contributed by atoms with Gasteiger partial charge in [-0.2, -0.15) is 0 Å². The topological polar surface area (TPSA) is 25.8 Å². The molecule has 49 heavy (non-hydrogen) atoms. The Bertz CT molecular complexity index is 2890. The van der Waals surface area contributed by atoms with Crippen molar-refractivity contribution in [1.82, 2.24) is 9.97 Å². The Kier molecular flexibility index (Phi) is 5.57. The van der Waals surface area contributed by atoms with Crippen molar-refractivity contribution in [1.29, 1.82) is 0 Å². The minimum absolute atomic E-state index is 1.18. The zero-order valence-corrected chi connectivity index (χ0v) is 27.1. The van der Waals surface area contributed by atoms with Gasteiger partial charge in [0.2, 0.25) is 0 Å². The molecular formula is C46H26N2S. The molecular weight excluding hydrogens is 613 g/mol. The summed E-state index contributed by atoms with van der Waals surface area (Å²) in [4.78, 5) is 8.77. The molecule has 10 aromatic rings. The number of nitrogens with zero attached hydrogens (tertiary/aromatic N) is 2. The van der Waals surface area contributed by atoms with Crippen molar-refractivity contribution in [3.63, 3.8) is 0 Å². The second-order valence-electron chi connectivity index (χ2n) is 12.9. The first kappa shape index (κ1) is 26.9. The number of hydrogen-bond acceptors (Lipinski definition) is 3. The third-order valence-electron chi connectivity index (χ3n) is 10.4. The average Bonchev–Trinajstić information content (AvgIpc) is 3.70. The summed E-state index contributed by atoms with van der Waals surface area (Å²) < 4.78 is 2.67. The van der Waals surface area contributed by atoms with E-state index < -0.39 is 0 Å². The molecule has 0 N–H and O–H groups in total. The fourth-order valence-corrected chi connectivity index (χ4v) is 9.63. The SMILES string of the molecule is c1ccc2cc3c(cc2c1)sc1c(-c2ccc4c5c(cccc25)-c2c-4c(-c4ccncc4)c4ccccc4c2-c2ccncc2)cccc13. The highest BCUT2D eigenvalue weighted by molar-refractivity contribution is 7.26. The van der Waals surface area contributed by atoms with Crippen LogP contribution in [-0.2, 0) is 0 Å². The van der Waals surface area contributed by atoms with Crippen molar-refractivity contribution < 1.29 is 0 Å². The van der Waals surface area contributed by atoms with Crippen molar-refractivity contribution in [3.8, 4) is 55.6 Å². The summed E-state index contributed by atoms with van der Waals surface area (Å²) >= 11 is 1.91. The van der Waals surface area contributed by atoms with E-state index >= 15 is 0 Å². The second kappa shape index (κ2) is 10.2. The van der Waals surface area contributed by atoms with Crippen molar-refractivity contribution >= 4 is 63.8 Å². The Morgan fingerprint density at radius 2 is 0.898 bits per heavy atom. The molecule has 0 fully saturated rings. The maximum absolute atomic E-state index is 4.38. The van der Waals surface area contributed by atoms with Crippen LogP contribution >= 0.6 is 11.3 Å². The van der Waals surface area contributed by atoms with Crippen LogP contribution in [0.2, 0.25) is 0 Å². The Labute approximate surface area is 286 Å². The number of hydrogen-bond donors (Lipinski definition) is 0. The van der Waals surface area contributed by atoms with Gasteiger partial charge in [-0.05, 0) is 119 Å². The molecule has 1 aliphatic rings. The molecule has 3 aromatic heterocycles. The van der Waals surface area contributed by atoms with Crippen LogP contribution in [0.1, 0.15) is 0 Å². The molecule has 3 heteroatoms. The summed E-state index contributed by atoms with van der Waals surface area (Å²) in [7, 11) is 0. The number of pyridine rings is 2.